The predicted octanol–water partition coefficient (Wildman–Crippen LogP) is 2.03. The van der Waals surface area contributed by atoms with Crippen molar-refractivity contribution >= 4 is 21.6 Å². The predicted molar refractivity (Wildman–Crippen MR) is 68.9 cm³/mol. The highest BCUT2D eigenvalue weighted by atomic mass is 32.1. The van der Waals surface area contributed by atoms with E-state index in [0.29, 0.717) is 10.2 Å². The van der Waals surface area contributed by atoms with Gasteiger partial charge in [0.25, 0.3) is 5.56 Å². The minimum Gasteiger partial charge on any atom is -0.298 e. The number of H-pyrrole nitrogens is 1. The van der Waals surface area contributed by atoms with Crippen LogP contribution in [0.25, 0.3) is 10.2 Å². The summed E-state index contributed by atoms with van der Waals surface area (Å²) in [7, 11) is 0. The largest absolute Gasteiger partial charge is 0.329 e. The van der Waals surface area contributed by atoms with Crippen molar-refractivity contribution in [2.75, 3.05) is 0 Å². The number of aromatic nitrogens is 2. The highest BCUT2D eigenvalue weighted by Crippen LogP contribution is 2.54. The van der Waals surface area contributed by atoms with Crippen molar-refractivity contribution in [3.05, 3.63) is 31.8 Å². The molecule has 1 aliphatic carbocycles. The Labute approximate surface area is 102 Å². The van der Waals surface area contributed by atoms with Crippen molar-refractivity contribution in [3.63, 3.8) is 0 Å². The number of fused-ring (bicyclic) bond motifs is 1. The van der Waals surface area contributed by atoms with Crippen LogP contribution in [0.3, 0.4) is 0 Å². The second kappa shape index (κ2) is 3.10. The lowest BCUT2D eigenvalue weighted by Crippen LogP contribution is -2.35. The van der Waals surface area contributed by atoms with Gasteiger partial charge in [0, 0.05) is 6.04 Å². The topological polar surface area (TPSA) is 54.9 Å². The maximum absolute atomic E-state index is 12.4. The summed E-state index contributed by atoms with van der Waals surface area (Å²) in [5.74, 6) is 0. The number of thiophene rings is 1. The van der Waals surface area contributed by atoms with Gasteiger partial charge in [-0.25, -0.2) is 4.79 Å². The van der Waals surface area contributed by atoms with Crippen molar-refractivity contribution in [3.8, 4) is 0 Å². The molecule has 2 heterocycles. The first-order valence-electron chi connectivity index (χ1n) is 5.64. The number of nitrogens with one attached hydrogen (secondary N) is 1. The molecule has 1 fully saturated rings. The van der Waals surface area contributed by atoms with Gasteiger partial charge in [-0.05, 0) is 29.7 Å². The van der Waals surface area contributed by atoms with Crippen LogP contribution in [0.15, 0.2) is 15.0 Å². The molecule has 1 aliphatic rings. The summed E-state index contributed by atoms with van der Waals surface area (Å²) < 4.78 is 1.39. The molecule has 1 atom stereocenters. The third-order valence-corrected chi connectivity index (χ3v) is 4.63. The fourth-order valence-electron chi connectivity index (χ4n) is 2.34. The molecule has 4 nitrogen and oxygen atoms in total. The Morgan fingerprint density at radius 1 is 1.47 bits per heavy atom. The van der Waals surface area contributed by atoms with Gasteiger partial charge in [0.15, 0.2) is 0 Å². The molecule has 0 amide bonds. The van der Waals surface area contributed by atoms with Gasteiger partial charge in [0.1, 0.15) is 4.83 Å². The highest BCUT2D eigenvalue weighted by molar-refractivity contribution is 7.16. The Kier molecular flexibility index (Phi) is 1.96. The third kappa shape index (κ3) is 1.42. The second-order valence-corrected chi connectivity index (χ2v) is 6.32. The number of nitrogens with zero attached hydrogens (tertiary/aromatic N) is 1. The number of hydrogen-bond donors (Lipinski definition) is 1. The first kappa shape index (κ1) is 10.8. The van der Waals surface area contributed by atoms with Crippen LogP contribution in [-0.4, -0.2) is 9.55 Å². The van der Waals surface area contributed by atoms with E-state index in [0.717, 1.165) is 12.0 Å². The molecule has 1 unspecified atom stereocenters. The summed E-state index contributed by atoms with van der Waals surface area (Å²) in [6.45, 7) is 6.06. The Hall–Kier alpha value is -1.36. The maximum Gasteiger partial charge on any atom is 0.329 e. The Balaban J connectivity index is 2.36. The monoisotopic (exact) mass is 250 g/mol. The molecule has 17 heavy (non-hydrogen) atoms. The van der Waals surface area contributed by atoms with E-state index < -0.39 is 0 Å². The lowest BCUT2D eigenvalue weighted by Gasteiger charge is -2.06. The average molecular weight is 250 g/mol. The fraction of sp³-hybridized carbons (Fsp3) is 0.500. The molecule has 0 bridgehead atoms. The van der Waals surface area contributed by atoms with E-state index in [1.54, 1.807) is 0 Å². The zero-order valence-electron chi connectivity index (χ0n) is 10.0. The van der Waals surface area contributed by atoms with E-state index in [1.807, 2.05) is 12.3 Å². The van der Waals surface area contributed by atoms with Gasteiger partial charge < -0.3 is 0 Å². The molecule has 0 aromatic carbocycles. The van der Waals surface area contributed by atoms with E-state index in [-0.39, 0.29) is 22.7 Å². The van der Waals surface area contributed by atoms with Gasteiger partial charge in [0.05, 0.1) is 5.39 Å². The molecule has 3 rings (SSSR count). The molecular formula is C12H14N2O2S. The first-order chi connectivity index (χ1) is 7.92. The lowest BCUT2D eigenvalue weighted by molar-refractivity contribution is 0.517. The number of aromatic amines is 1. The zero-order chi connectivity index (χ0) is 12.4. The van der Waals surface area contributed by atoms with Gasteiger partial charge in [-0.3, -0.25) is 14.3 Å². The zero-order valence-corrected chi connectivity index (χ0v) is 10.9. The molecule has 5 heteroatoms. The Morgan fingerprint density at radius 2 is 2.12 bits per heavy atom. The Bertz CT molecular complexity index is 720. The molecule has 0 spiro atoms. The highest BCUT2D eigenvalue weighted by Gasteiger charge is 2.48. The molecule has 0 saturated heterocycles. The van der Waals surface area contributed by atoms with E-state index in [2.05, 4.69) is 18.8 Å². The van der Waals surface area contributed by atoms with Crippen molar-refractivity contribution < 1.29 is 0 Å². The van der Waals surface area contributed by atoms with Gasteiger partial charge in [-0.15, -0.1) is 11.3 Å². The molecule has 2 aromatic rings. The number of rotatable bonds is 1. The first-order valence-corrected chi connectivity index (χ1v) is 6.52. The minimum absolute atomic E-state index is 0.0439. The van der Waals surface area contributed by atoms with Crippen molar-refractivity contribution in [2.45, 2.75) is 33.2 Å². The van der Waals surface area contributed by atoms with Crippen LogP contribution < -0.4 is 11.2 Å². The third-order valence-electron chi connectivity index (χ3n) is 3.62. The fourth-order valence-corrected chi connectivity index (χ4v) is 3.26. The smallest absolute Gasteiger partial charge is 0.298 e. The summed E-state index contributed by atoms with van der Waals surface area (Å²) in [6, 6.07) is 0.0439. The van der Waals surface area contributed by atoms with Crippen molar-refractivity contribution in [2.24, 2.45) is 5.41 Å². The molecule has 90 valence electrons. The SMILES string of the molecule is Cc1csc2[nH]c(=O)n(C3CC3(C)C)c(=O)c12. The standard InChI is InChI=1S/C12H14N2O2S/c1-6-5-17-9-8(6)10(15)14(11(16)13-9)7-4-12(7,2)3/h5,7H,4H2,1-3H3,(H,13,16). The average Bonchev–Trinajstić information content (AvgIpc) is 2.67. The lowest BCUT2D eigenvalue weighted by atomic mass is 10.2. The van der Waals surface area contributed by atoms with Crippen molar-refractivity contribution in [1.29, 1.82) is 0 Å². The minimum atomic E-state index is -0.278. The van der Waals surface area contributed by atoms with Crippen LogP contribution in [0, 0.1) is 12.3 Å². The van der Waals surface area contributed by atoms with Crippen LogP contribution in [-0.2, 0) is 0 Å². The molecule has 0 aliphatic heterocycles. The molecular weight excluding hydrogens is 236 g/mol. The summed E-state index contributed by atoms with van der Waals surface area (Å²) >= 11 is 1.41. The van der Waals surface area contributed by atoms with Crippen LogP contribution in [0.5, 0.6) is 0 Å². The van der Waals surface area contributed by atoms with Crippen molar-refractivity contribution in [1.82, 2.24) is 9.55 Å². The molecule has 1 saturated carbocycles. The number of hydrogen-bond acceptors (Lipinski definition) is 3. The summed E-state index contributed by atoms with van der Waals surface area (Å²) in [6.07, 6.45) is 0.894. The quantitative estimate of drug-likeness (QED) is 0.842. The molecule has 0 radical (unpaired) electrons. The summed E-state index contributed by atoms with van der Waals surface area (Å²) in [4.78, 5) is 27.8. The van der Waals surface area contributed by atoms with Crippen LogP contribution in [0.2, 0.25) is 0 Å². The van der Waals surface area contributed by atoms with E-state index in [9.17, 15) is 9.59 Å². The van der Waals surface area contributed by atoms with Gasteiger partial charge in [-0.2, -0.15) is 0 Å². The van der Waals surface area contributed by atoms with Gasteiger partial charge >= 0.3 is 5.69 Å². The number of aryl methyl sites for hydroxylation is 1. The molecule has 1 N–H and O–H groups in total. The van der Waals surface area contributed by atoms with E-state index in [1.165, 1.54) is 15.9 Å². The maximum atomic E-state index is 12.4. The molecule has 2 aromatic heterocycles. The second-order valence-electron chi connectivity index (χ2n) is 5.44. The van der Waals surface area contributed by atoms with Crippen LogP contribution in [0.4, 0.5) is 0 Å². The summed E-state index contributed by atoms with van der Waals surface area (Å²) in [5.41, 5.74) is 0.588. The normalized spacial score (nSPS) is 21.9. The summed E-state index contributed by atoms with van der Waals surface area (Å²) in [5, 5.41) is 2.57. The van der Waals surface area contributed by atoms with Crippen LogP contribution in [0.1, 0.15) is 31.9 Å². The van der Waals surface area contributed by atoms with Crippen LogP contribution >= 0.6 is 11.3 Å². The van der Waals surface area contributed by atoms with Gasteiger partial charge in [-0.1, -0.05) is 13.8 Å². The van der Waals surface area contributed by atoms with E-state index >= 15 is 0 Å². The van der Waals surface area contributed by atoms with E-state index in [4.69, 9.17) is 0 Å². The van der Waals surface area contributed by atoms with Gasteiger partial charge in [0.2, 0.25) is 0 Å². The Morgan fingerprint density at radius 3 is 2.71 bits per heavy atom.